The Balaban J connectivity index is 1.03. The van der Waals surface area contributed by atoms with Crippen LogP contribution in [0, 0.1) is 0 Å². The molecule has 52 heavy (non-hydrogen) atoms. The van der Waals surface area contributed by atoms with Crippen molar-refractivity contribution in [2.75, 3.05) is 4.90 Å². The van der Waals surface area contributed by atoms with Crippen molar-refractivity contribution in [3.63, 3.8) is 0 Å². The van der Waals surface area contributed by atoms with Crippen LogP contribution < -0.4 is 4.90 Å². The first kappa shape index (κ1) is 29.1. The van der Waals surface area contributed by atoms with Crippen LogP contribution in [0.5, 0.6) is 0 Å². The van der Waals surface area contributed by atoms with Gasteiger partial charge in [0.1, 0.15) is 22.3 Å². The highest BCUT2D eigenvalue weighted by molar-refractivity contribution is 7.26. The second kappa shape index (κ2) is 11.5. The quantitative estimate of drug-likeness (QED) is 0.181. The van der Waals surface area contributed by atoms with Gasteiger partial charge in [-0.25, -0.2) is 0 Å². The number of thiophene rings is 1. The van der Waals surface area contributed by atoms with Crippen LogP contribution >= 0.6 is 11.3 Å². The summed E-state index contributed by atoms with van der Waals surface area (Å²) in [6, 6.07) is 62.4. The average molecular weight is 684 g/mol. The Bertz CT molecular complexity index is 3090. The predicted octanol–water partition coefficient (Wildman–Crippen LogP) is 14.7. The van der Waals surface area contributed by atoms with Gasteiger partial charge < -0.3 is 13.7 Å². The molecular formula is C48H29NO2S. The van der Waals surface area contributed by atoms with Crippen LogP contribution in [0.4, 0.5) is 17.1 Å². The Morgan fingerprint density at radius 2 is 0.846 bits per heavy atom. The van der Waals surface area contributed by atoms with E-state index in [4.69, 9.17) is 8.83 Å². The SMILES string of the molecule is c1ccc(N(c2ccccc2)c2ccc3oc4cc(-c5cccc6c5sc5c(-c7ccc8oc9ccccc9c8c7)cccc56)ccc4c3c2)cc1. The normalized spacial score (nSPS) is 11.8. The van der Waals surface area contributed by atoms with Gasteiger partial charge in [0.15, 0.2) is 0 Å². The smallest absolute Gasteiger partial charge is 0.136 e. The van der Waals surface area contributed by atoms with Crippen LogP contribution in [0.25, 0.3) is 86.3 Å². The van der Waals surface area contributed by atoms with Crippen molar-refractivity contribution < 1.29 is 8.83 Å². The number of benzene rings is 8. The summed E-state index contributed by atoms with van der Waals surface area (Å²) >= 11 is 1.87. The topological polar surface area (TPSA) is 29.5 Å². The van der Waals surface area contributed by atoms with E-state index in [1.807, 2.05) is 23.5 Å². The molecule has 0 radical (unpaired) electrons. The molecule has 0 saturated carbocycles. The fourth-order valence-electron chi connectivity index (χ4n) is 7.84. The molecule has 0 aliphatic rings. The third-order valence-corrected chi connectivity index (χ3v) is 11.6. The molecule has 11 aromatic rings. The Labute approximate surface area is 303 Å². The van der Waals surface area contributed by atoms with E-state index in [-0.39, 0.29) is 0 Å². The van der Waals surface area contributed by atoms with Crippen LogP contribution in [0.2, 0.25) is 0 Å². The lowest BCUT2D eigenvalue weighted by atomic mass is 9.99. The standard InChI is InChI=1S/C48H29NO2S/c1-3-11-32(12-4-1)49(33-13-5-2-6-14-33)34-23-26-45-42(29-34)38-24-21-31(28-46(38)51-45)36-17-10-19-40-39-18-9-16-35(47(39)52-48(36)40)30-22-25-44-41(27-30)37-15-7-8-20-43(37)50-44/h1-29H. The van der Waals surface area contributed by atoms with Gasteiger partial charge in [0.05, 0.1) is 0 Å². The van der Waals surface area contributed by atoms with Crippen molar-refractivity contribution in [2.45, 2.75) is 0 Å². The third kappa shape index (κ3) is 4.51. The molecule has 3 nitrogen and oxygen atoms in total. The second-order valence-corrected chi connectivity index (χ2v) is 14.3. The minimum absolute atomic E-state index is 0.879. The number of anilines is 3. The van der Waals surface area contributed by atoms with E-state index in [9.17, 15) is 0 Å². The van der Waals surface area contributed by atoms with Crippen LogP contribution in [0.1, 0.15) is 0 Å². The first-order chi connectivity index (χ1) is 25.8. The Morgan fingerprint density at radius 1 is 0.327 bits per heavy atom. The third-order valence-electron chi connectivity index (χ3n) is 10.3. The molecule has 8 aromatic carbocycles. The van der Waals surface area contributed by atoms with Crippen molar-refractivity contribution in [2.24, 2.45) is 0 Å². The van der Waals surface area contributed by atoms with Gasteiger partial charge in [0, 0.05) is 58.8 Å². The highest BCUT2D eigenvalue weighted by atomic mass is 32.1. The summed E-state index contributed by atoms with van der Waals surface area (Å²) in [5.74, 6) is 0. The van der Waals surface area contributed by atoms with Gasteiger partial charge in [0.25, 0.3) is 0 Å². The van der Waals surface area contributed by atoms with Crippen molar-refractivity contribution in [3.8, 4) is 22.3 Å². The number of hydrogen-bond acceptors (Lipinski definition) is 4. The molecular weight excluding hydrogens is 655 g/mol. The molecule has 0 unspecified atom stereocenters. The zero-order chi connectivity index (χ0) is 34.2. The number of fused-ring (bicyclic) bond motifs is 9. The van der Waals surface area contributed by atoms with E-state index in [1.165, 1.54) is 36.9 Å². The number of furan rings is 2. The summed E-state index contributed by atoms with van der Waals surface area (Å²) in [7, 11) is 0. The highest BCUT2D eigenvalue weighted by Gasteiger charge is 2.18. The fraction of sp³-hybridized carbons (Fsp3) is 0. The van der Waals surface area contributed by atoms with Crippen LogP contribution in [-0.2, 0) is 0 Å². The Hall–Kier alpha value is -6.62. The molecule has 11 rings (SSSR count). The molecule has 4 heteroatoms. The minimum atomic E-state index is 0.879. The molecule has 0 saturated heterocycles. The summed E-state index contributed by atoms with van der Waals surface area (Å²) in [6.07, 6.45) is 0. The van der Waals surface area contributed by atoms with E-state index >= 15 is 0 Å². The van der Waals surface area contributed by atoms with E-state index < -0.39 is 0 Å². The largest absolute Gasteiger partial charge is 0.456 e. The fourth-order valence-corrected chi connectivity index (χ4v) is 9.21. The lowest BCUT2D eigenvalue weighted by molar-refractivity contribution is 0.668. The first-order valence-electron chi connectivity index (χ1n) is 17.5. The molecule has 0 bridgehead atoms. The van der Waals surface area contributed by atoms with E-state index in [0.29, 0.717) is 0 Å². The lowest BCUT2D eigenvalue weighted by Gasteiger charge is -2.25. The number of rotatable bonds is 5. The van der Waals surface area contributed by atoms with E-state index in [1.54, 1.807) is 0 Å². The molecule has 3 aromatic heterocycles. The van der Waals surface area contributed by atoms with Gasteiger partial charge in [-0.1, -0.05) is 103 Å². The number of hydrogen-bond donors (Lipinski definition) is 0. The Kier molecular flexibility index (Phi) is 6.42. The van der Waals surface area contributed by atoms with Crippen molar-refractivity contribution in [1.82, 2.24) is 0 Å². The minimum Gasteiger partial charge on any atom is -0.456 e. The molecule has 3 heterocycles. The number of para-hydroxylation sites is 3. The van der Waals surface area contributed by atoms with Gasteiger partial charge in [0.2, 0.25) is 0 Å². The predicted molar refractivity (Wildman–Crippen MR) is 219 cm³/mol. The summed E-state index contributed by atoms with van der Waals surface area (Å²) in [6.45, 7) is 0. The lowest BCUT2D eigenvalue weighted by Crippen LogP contribution is -2.09. The van der Waals surface area contributed by atoms with Crippen molar-refractivity contribution in [3.05, 3.63) is 176 Å². The molecule has 0 spiro atoms. The molecule has 0 amide bonds. The summed E-state index contributed by atoms with van der Waals surface area (Å²) < 4.78 is 15.2. The molecule has 0 N–H and O–H groups in total. The maximum absolute atomic E-state index is 6.54. The van der Waals surface area contributed by atoms with E-state index in [0.717, 1.165) is 66.5 Å². The maximum Gasteiger partial charge on any atom is 0.136 e. The van der Waals surface area contributed by atoms with Gasteiger partial charge in [-0.3, -0.25) is 0 Å². The van der Waals surface area contributed by atoms with Gasteiger partial charge in [-0.05, 0) is 95.1 Å². The average Bonchev–Trinajstić information content (AvgIpc) is 3.89. The number of nitrogens with zero attached hydrogens (tertiary/aromatic N) is 1. The molecule has 0 aliphatic carbocycles. The van der Waals surface area contributed by atoms with E-state index in [2.05, 4.69) is 169 Å². The van der Waals surface area contributed by atoms with Crippen molar-refractivity contribution in [1.29, 1.82) is 0 Å². The van der Waals surface area contributed by atoms with Gasteiger partial charge >= 0.3 is 0 Å². The van der Waals surface area contributed by atoms with Crippen molar-refractivity contribution >= 4 is 92.4 Å². The summed E-state index contributed by atoms with van der Waals surface area (Å²) in [4.78, 5) is 2.29. The second-order valence-electron chi connectivity index (χ2n) is 13.3. The zero-order valence-corrected chi connectivity index (χ0v) is 28.7. The summed E-state index contributed by atoms with van der Waals surface area (Å²) in [5, 5.41) is 7.04. The molecule has 244 valence electrons. The van der Waals surface area contributed by atoms with Crippen LogP contribution in [-0.4, -0.2) is 0 Å². The molecule has 0 aliphatic heterocycles. The van der Waals surface area contributed by atoms with Crippen LogP contribution in [0.15, 0.2) is 185 Å². The maximum atomic E-state index is 6.54. The highest BCUT2D eigenvalue weighted by Crippen LogP contribution is 2.46. The first-order valence-corrected chi connectivity index (χ1v) is 18.3. The van der Waals surface area contributed by atoms with Gasteiger partial charge in [-0.15, -0.1) is 11.3 Å². The van der Waals surface area contributed by atoms with Gasteiger partial charge in [-0.2, -0.15) is 0 Å². The zero-order valence-electron chi connectivity index (χ0n) is 27.9. The van der Waals surface area contributed by atoms with Crippen LogP contribution in [0.3, 0.4) is 0 Å². The molecule has 0 fully saturated rings. The summed E-state index contributed by atoms with van der Waals surface area (Å²) in [5.41, 5.74) is 11.7. The monoisotopic (exact) mass is 683 g/mol. The molecule has 0 atom stereocenters. The Morgan fingerprint density at radius 3 is 1.56 bits per heavy atom.